The monoisotopic (exact) mass is 334 g/mol. The Morgan fingerprint density at radius 2 is 2.17 bits per heavy atom. The number of fused-ring (bicyclic) bond motifs is 1. The number of nitrogens with zero attached hydrogens (tertiary/aromatic N) is 3. The van der Waals surface area contributed by atoms with Crippen LogP contribution in [0.3, 0.4) is 0 Å². The minimum absolute atomic E-state index is 0.379. The molecule has 23 heavy (non-hydrogen) atoms. The molecule has 2 aromatic heterocycles. The Kier molecular flexibility index (Phi) is 5.64. The van der Waals surface area contributed by atoms with E-state index in [9.17, 15) is 0 Å². The van der Waals surface area contributed by atoms with Crippen LogP contribution in [-0.2, 0) is 15.9 Å². The highest BCUT2D eigenvalue weighted by atomic mass is 32.2. The van der Waals surface area contributed by atoms with Crippen molar-refractivity contribution in [1.82, 2.24) is 15.0 Å². The van der Waals surface area contributed by atoms with Crippen LogP contribution in [-0.4, -0.2) is 54.2 Å². The zero-order valence-electron chi connectivity index (χ0n) is 13.5. The van der Waals surface area contributed by atoms with Crippen LogP contribution in [0.1, 0.15) is 18.5 Å². The Bertz CT molecular complexity index is 662. The van der Waals surface area contributed by atoms with Crippen molar-refractivity contribution in [3.8, 4) is 0 Å². The number of hydrogen-bond acceptors (Lipinski definition) is 7. The number of anilines is 1. The van der Waals surface area contributed by atoms with E-state index in [4.69, 9.17) is 14.5 Å². The summed E-state index contributed by atoms with van der Waals surface area (Å²) in [5.41, 5.74) is 1.88. The summed E-state index contributed by atoms with van der Waals surface area (Å²) in [5, 5.41) is 5.34. The van der Waals surface area contributed by atoms with Crippen LogP contribution in [0.2, 0.25) is 0 Å². The Morgan fingerprint density at radius 1 is 1.35 bits per heavy atom. The van der Waals surface area contributed by atoms with Gasteiger partial charge in [-0.2, -0.15) is 0 Å². The standard InChI is InChI=1S/C16H22N4O2S/c1-21-6-3-13-9-11-10-17-16(23-2)20-14(11)15(19-13)18-12-4-7-22-8-5-12/h9-10,12H,3-8H2,1-2H3,(H,18,19). The second kappa shape index (κ2) is 7.90. The van der Waals surface area contributed by atoms with Crippen LogP contribution >= 0.6 is 11.8 Å². The summed E-state index contributed by atoms with van der Waals surface area (Å²) in [4.78, 5) is 13.8. The van der Waals surface area contributed by atoms with E-state index >= 15 is 0 Å². The summed E-state index contributed by atoms with van der Waals surface area (Å²) in [5.74, 6) is 0.846. The van der Waals surface area contributed by atoms with Crippen LogP contribution in [0.5, 0.6) is 0 Å². The third-order valence-corrected chi connectivity index (χ3v) is 4.47. The van der Waals surface area contributed by atoms with E-state index in [0.29, 0.717) is 12.6 Å². The van der Waals surface area contributed by atoms with Gasteiger partial charge in [0.05, 0.1) is 6.61 Å². The lowest BCUT2D eigenvalue weighted by molar-refractivity contribution is 0.0904. The van der Waals surface area contributed by atoms with Crippen molar-refractivity contribution in [3.63, 3.8) is 0 Å². The highest BCUT2D eigenvalue weighted by Gasteiger charge is 2.17. The van der Waals surface area contributed by atoms with E-state index in [1.165, 1.54) is 11.8 Å². The lowest BCUT2D eigenvalue weighted by atomic mass is 10.1. The van der Waals surface area contributed by atoms with Gasteiger partial charge in [0.2, 0.25) is 0 Å². The summed E-state index contributed by atoms with van der Waals surface area (Å²) in [7, 11) is 1.70. The molecule has 1 fully saturated rings. The number of methoxy groups -OCH3 is 1. The maximum absolute atomic E-state index is 5.43. The van der Waals surface area contributed by atoms with Crippen LogP contribution in [0, 0.1) is 0 Å². The summed E-state index contributed by atoms with van der Waals surface area (Å²) in [6.07, 6.45) is 6.62. The van der Waals surface area contributed by atoms with Crippen molar-refractivity contribution in [2.45, 2.75) is 30.5 Å². The van der Waals surface area contributed by atoms with Gasteiger partial charge in [-0.1, -0.05) is 11.8 Å². The molecule has 0 amide bonds. The van der Waals surface area contributed by atoms with Gasteiger partial charge in [0.25, 0.3) is 0 Å². The van der Waals surface area contributed by atoms with E-state index in [1.807, 2.05) is 18.5 Å². The molecule has 2 aromatic rings. The first kappa shape index (κ1) is 16.4. The number of rotatable bonds is 6. The first-order valence-corrected chi connectivity index (χ1v) is 9.06. The normalized spacial score (nSPS) is 15.9. The van der Waals surface area contributed by atoms with E-state index in [0.717, 1.165) is 60.0 Å². The number of aromatic nitrogens is 3. The molecule has 0 aromatic carbocycles. The topological polar surface area (TPSA) is 69.2 Å². The van der Waals surface area contributed by atoms with Gasteiger partial charge < -0.3 is 14.8 Å². The van der Waals surface area contributed by atoms with Gasteiger partial charge in [-0.15, -0.1) is 0 Å². The quantitative estimate of drug-likeness (QED) is 0.643. The minimum Gasteiger partial charge on any atom is -0.384 e. The molecule has 0 unspecified atom stereocenters. The third kappa shape index (κ3) is 4.10. The van der Waals surface area contributed by atoms with E-state index in [-0.39, 0.29) is 0 Å². The molecule has 6 nitrogen and oxygen atoms in total. The first-order chi connectivity index (χ1) is 11.3. The van der Waals surface area contributed by atoms with Crippen LogP contribution in [0.25, 0.3) is 10.9 Å². The van der Waals surface area contributed by atoms with Crippen molar-refractivity contribution in [1.29, 1.82) is 0 Å². The molecule has 1 aliphatic heterocycles. The van der Waals surface area contributed by atoms with Gasteiger partial charge in [-0.05, 0) is 25.2 Å². The SMILES string of the molecule is COCCc1cc2cnc(SC)nc2c(NC2CCOCC2)n1. The highest BCUT2D eigenvalue weighted by Crippen LogP contribution is 2.25. The van der Waals surface area contributed by atoms with E-state index < -0.39 is 0 Å². The summed E-state index contributed by atoms with van der Waals surface area (Å²) in [6, 6.07) is 2.43. The molecular formula is C16H22N4O2S. The van der Waals surface area contributed by atoms with Gasteiger partial charge in [-0.25, -0.2) is 15.0 Å². The molecule has 0 spiro atoms. The fourth-order valence-electron chi connectivity index (χ4n) is 2.65. The predicted molar refractivity (Wildman–Crippen MR) is 92.2 cm³/mol. The molecule has 0 radical (unpaired) electrons. The third-order valence-electron chi connectivity index (χ3n) is 3.90. The smallest absolute Gasteiger partial charge is 0.187 e. The fraction of sp³-hybridized carbons (Fsp3) is 0.562. The van der Waals surface area contributed by atoms with Crippen molar-refractivity contribution < 1.29 is 9.47 Å². The second-order valence-corrected chi connectivity index (χ2v) is 6.30. The summed E-state index contributed by atoms with van der Waals surface area (Å²) >= 11 is 1.54. The average molecular weight is 334 g/mol. The van der Waals surface area contributed by atoms with Crippen molar-refractivity contribution in [2.24, 2.45) is 0 Å². The van der Waals surface area contributed by atoms with Crippen molar-refractivity contribution >= 4 is 28.5 Å². The fourth-order valence-corrected chi connectivity index (χ4v) is 2.99. The van der Waals surface area contributed by atoms with Gasteiger partial charge in [0, 0.05) is 50.1 Å². The largest absolute Gasteiger partial charge is 0.384 e. The zero-order chi connectivity index (χ0) is 16.1. The second-order valence-electron chi connectivity index (χ2n) is 5.53. The molecule has 0 atom stereocenters. The molecule has 0 bridgehead atoms. The molecule has 1 N–H and O–H groups in total. The summed E-state index contributed by atoms with van der Waals surface area (Å²) in [6.45, 7) is 2.24. The molecule has 1 aliphatic rings. The molecule has 3 heterocycles. The average Bonchev–Trinajstić information content (AvgIpc) is 2.60. The van der Waals surface area contributed by atoms with Gasteiger partial charge in [0.15, 0.2) is 11.0 Å². The van der Waals surface area contributed by atoms with Crippen LogP contribution < -0.4 is 5.32 Å². The van der Waals surface area contributed by atoms with Gasteiger partial charge >= 0.3 is 0 Å². The Morgan fingerprint density at radius 3 is 2.91 bits per heavy atom. The van der Waals surface area contributed by atoms with Crippen molar-refractivity contribution in [2.75, 3.05) is 38.5 Å². The van der Waals surface area contributed by atoms with E-state index in [2.05, 4.69) is 15.3 Å². The minimum atomic E-state index is 0.379. The number of nitrogens with one attached hydrogen (secondary N) is 1. The number of pyridine rings is 1. The molecule has 0 saturated carbocycles. The Balaban J connectivity index is 1.95. The molecular weight excluding hydrogens is 312 g/mol. The number of hydrogen-bond donors (Lipinski definition) is 1. The van der Waals surface area contributed by atoms with Crippen LogP contribution in [0.15, 0.2) is 17.4 Å². The lowest BCUT2D eigenvalue weighted by Gasteiger charge is -2.24. The first-order valence-electron chi connectivity index (χ1n) is 7.84. The molecule has 3 rings (SSSR count). The molecule has 0 aliphatic carbocycles. The summed E-state index contributed by atoms with van der Waals surface area (Å²) < 4.78 is 10.6. The van der Waals surface area contributed by atoms with E-state index in [1.54, 1.807) is 7.11 Å². The maximum Gasteiger partial charge on any atom is 0.187 e. The molecule has 124 valence electrons. The maximum atomic E-state index is 5.43. The Hall–Kier alpha value is -1.44. The zero-order valence-corrected chi connectivity index (χ0v) is 14.4. The van der Waals surface area contributed by atoms with Crippen LogP contribution in [0.4, 0.5) is 5.82 Å². The van der Waals surface area contributed by atoms with Crippen molar-refractivity contribution in [3.05, 3.63) is 18.0 Å². The van der Waals surface area contributed by atoms with Gasteiger partial charge in [-0.3, -0.25) is 0 Å². The predicted octanol–water partition coefficient (Wildman–Crippen LogP) is 2.53. The molecule has 7 heteroatoms. The number of thioether (sulfide) groups is 1. The number of ether oxygens (including phenoxy) is 2. The highest BCUT2D eigenvalue weighted by molar-refractivity contribution is 7.98. The lowest BCUT2D eigenvalue weighted by Crippen LogP contribution is -2.28. The Labute approximate surface area is 140 Å². The van der Waals surface area contributed by atoms with Gasteiger partial charge in [0.1, 0.15) is 5.52 Å². The molecule has 1 saturated heterocycles.